The van der Waals surface area contributed by atoms with E-state index in [-0.39, 0.29) is 5.91 Å². The Morgan fingerprint density at radius 1 is 1.15 bits per heavy atom. The van der Waals surface area contributed by atoms with Crippen LogP contribution in [0.25, 0.3) is 0 Å². The van der Waals surface area contributed by atoms with Crippen molar-refractivity contribution in [2.45, 2.75) is 29.6 Å². The molecule has 0 saturated heterocycles. The van der Waals surface area contributed by atoms with Crippen LogP contribution in [0.3, 0.4) is 0 Å². The van der Waals surface area contributed by atoms with E-state index in [1.807, 2.05) is 24.3 Å². The van der Waals surface area contributed by atoms with Gasteiger partial charge in [-0.2, -0.15) is 0 Å². The fourth-order valence-electron chi connectivity index (χ4n) is 2.31. The van der Waals surface area contributed by atoms with Crippen molar-refractivity contribution in [2.24, 2.45) is 0 Å². The lowest BCUT2D eigenvalue weighted by molar-refractivity contribution is -0.116. The molecule has 0 saturated carbocycles. The van der Waals surface area contributed by atoms with Crippen LogP contribution < -0.4 is 11.1 Å². The molecule has 4 heteroatoms. The van der Waals surface area contributed by atoms with E-state index >= 15 is 0 Å². The van der Waals surface area contributed by atoms with E-state index in [1.54, 1.807) is 11.8 Å². The highest BCUT2D eigenvalue weighted by Gasteiger charge is 2.17. The van der Waals surface area contributed by atoms with Crippen LogP contribution in [0.5, 0.6) is 0 Å². The van der Waals surface area contributed by atoms with Gasteiger partial charge in [-0.25, -0.2) is 0 Å². The molecule has 3 N–H and O–H groups in total. The van der Waals surface area contributed by atoms with Gasteiger partial charge in [0.1, 0.15) is 0 Å². The van der Waals surface area contributed by atoms with E-state index in [0.29, 0.717) is 6.42 Å². The molecule has 1 amide bonds. The zero-order chi connectivity index (χ0) is 14.1. The zero-order valence-corrected chi connectivity index (χ0v) is 12.1. The molecule has 2 aromatic rings. The largest absolute Gasteiger partial charge is 0.398 e. The molecule has 0 aliphatic carbocycles. The van der Waals surface area contributed by atoms with Gasteiger partial charge in [-0.15, -0.1) is 0 Å². The number of anilines is 2. The van der Waals surface area contributed by atoms with Gasteiger partial charge in [-0.1, -0.05) is 30.0 Å². The highest BCUT2D eigenvalue weighted by Crippen LogP contribution is 2.38. The lowest BCUT2D eigenvalue weighted by Crippen LogP contribution is -2.19. The minimum absolute atomic E-state index is 0.0779. The summed E-state index contributed by atoms with van der Waals surface area (Å²) >= 11 is 1.64. The van der Waals surface area contributed by atoms with Crippen LogP contribution in [0.15, 0.2) is 46.2 Å². The van der Waals surface area contributed by atoms with Gasteiger partial charge in [0.2, 0.25) is 5.91 Å². The van der Waals surface area contributed by atoms with Crippen LogP contribution in [0, 0.1) is 6.92 Å². The van der Waals surface area contributed by atoms with Crippen molar-refractivity contribution in [1.82, 2.24) is 0 Å². The van der Waals surface area contributed by atoms with Crippen molar-refractivity contribution in [3.8, 4) is 0 Å². The molecule has 2 aromatic carbocycles. The number of aryl methyl sites for hydroxylation is 2. The highest BCUT2D eigenvalue weighted by atomic mass is 32.2. The summed E-state index contributed by atoms with van der Waals surface area (Å²) in [6, 6.07) is 12.2. The number of nitrogens with two attached hydrogens (primary N) is 1. The summed E-state index contributed by atoms with van der Waals surface area (Å²) in [5, 5.41) is 2.92. The molecule has 0 bridgehead atoms. The summed E-state index contributed by atoms with van der Waals surface area (Å²) in [5.41, 5.74) is 10.2. The Morgan fingerprint density at radius 3 is 2.75 bits per heavy atom. The lowest BCUT2D eigenvalue weighted by Gasteiger charge is -2.19. The van der Waals surface area contributed by atoms with Crippen LogP contribution in [-0.4, -0.2) is 5.91 Å². The van der Waals surface area contributed by atoms with Crippen LogP contribution in [0.2, 0.25) is 0 Å². The Labute approximate surface area is 122 Å². The summed E-state index contributed by atoms with van der Waals surface area (Å²) in [7, 11) is 0. The maximum absolute atomic E-state index is 11.5. The molecular formula is C16H16N2OS. The number of hydrogen-bond donors (Lipinski definition) is 2. The van der Waals surface area contributed by atoms with Crippen molar-refractivity contribution >= 4 is 29.0 Å². The second-order valence-corrected chi connectivity index (χ2v) is 6.05. The molecule has 1 aliphatic heterocycles. The molecular weight excluding hydrogens is 268 g/mol. The number of rotatable bonds is 2. The SMILES string of the molecule is Cc1ccccc1Sc1cc2c(cc1N)CCC(=O)N2. The summed E-state index contributed by atoms with van der Waals surface area (Å²) in [5.74, 6) is 0.0779. The molecule has 20 heavy (non-hydrogen) atoms. The molecule has 0 unspecified atom stereocenters. The topological polar surface area (TPSA) is 55.1 Å². The van der Waals surface area contributed by atoms with Crippen molar-refractivity contribution in [3.63, 3.8) is 0 Å². The van der Waals surface area contributed by atoms with Gasteiger partial charge < -0.3 is 11.1 Å². The summed E-state index contributed by atoms with van der Waals surface area (Å²) in [6.45, 7) is 2.08. The van der Waals surface area contributed by atoms with Crippen LogP contribution in [0.1, 0.15) is 17.5 Å². The van der Waals surface area contributed by atoms with Gasteiger partial charge >= 0.3 is 0 Å². The first-order valence-corrected chi connectivity index (χ1v) is 7.41. The minimum Gasteiger partial charge on any atom is -0.398 e. The number of benzene rings is 2. The number of hydrogen-bond acceptors (Lipinski definition) is 3. The Kier molecular flexibility index (Phi) is 3.40. The molecule has 1 aliphatic rings. The maximum atomic E-state index is 11.5. The zero-order valence-electron chi connectivity index (χ0n) is 11.3. The Hall–Kier alpha value is -1.94. The molecule has 0 radical (unpaired) electrons. The fourth-order valence-corrected chi connectivity index (χ4v) is 3.27. The average Bonchev–Trinajstić information content (AvgIpc) is 2.42. The van der Waals surface area contributed by atoms with Crippen LogP contribution in [-0.2, 0) is 11.2 Å². The third-order valence-electron chi connectivity index (χ3n) is 3.44. The number of carbonyl (C=O) groups is 1. The monoisotopic (exact) mass is 284 g/mol. The van der Waals surface area contributed by atoms with Gasteiger partial charge in [0.05, 0.1) is 0 Å². The Morgan fingerprint density at radius 2 is 1.95 bits per heavy atom. The highest BCUT2D eigenvalue weighted by molar-refractivity contribution is 7.99. The molecule has 0 spiro atoms. The van der Waals surface area contributed by atoms with E-state index in [9.17, 15) is 4.79 Å². The second-order valence-electron chi connectivity index (χ2n) is 4.96. The minimum atomic E-state index is 0.0779. The molecule has 0 atom stereocenters. The Bertz CT molecular complexity index is 682. The normalized spacial score (nSPS) is 13.8. The van der Waals surface area contributed by atoms with Gasteiger partial charge in [-0.3, -0.25) is 4.79 Å². The second kappa shape index (κ2) is 5.21. The van der Waals surface area contributed by atoms with Crippen molar-refractivity contribution in [3.05, 3.63) is 47.5 Å². The summed E-state index contributed by atoms with van der Waals surface area (Å²) in [4.78, 5) is 13.7. The maximum Gasteiger partial charge on any atom is 0.224 e. The molecule has 1 heterocycles. The van der Waals surface area contributed by atoms with Gasteiger partial charge in [0.15, 0.2) is 0 Å². The van der Waals surface area contributed by atoms with Gasteiger partial charge in [-0.05, 0) is 42.7 Å². The first-order valence-electron chi connectivity index (χ1n) is 6.59. The van der Waals surface area contributed by atoms with E-state index in [1.165, 1.54) is 10.5 Å². The smallest absolute Gasteiger partial charge is 0.224 e. The van der Waals surface area contributed by atoms with Crippen molar-refractivity contribution in [1.29, 1.82) is 0 Å². The number of amides is 1. The van der Waals surface area contributed by atoms with Crippen LogP contribution >= 0.6 is 11.8 Å². The number of nitrogen functional groups attached to an aromatic ring is 1. The van der Waals surface area contributed by atoms with E-state index < -0.39 is 0 Å². The van der Waals surface area contributed by atoms with Crippen molar-refractivity contribution in [2.75, 3.05) is 11.1 Å². The third-order valence-corrected chi connectivity index (χ3v) is 4.70. The fraction of sp³-hybridized carbons (Fsp3) is 0.188. The van der Waals surface area contributed by atoms with Crippen LogP contribution in [0.4, 0.5) is 11.4 Å². The summed E-state index contributed by atoms with van der Waals surface area (Å²) < 4.78 is 0. The molecule has 102 valence electrons. The molecule has 0 aromatic heterocycles. The molecule has 3 rings (SSSR count). The quantitative estimate of drug-likeness (QED) is 0.828. The first-order chi connectivity index (χ1) is 9.63. The van der Waals surface area contributed by atoms with E-state index in [0.717, 1.165) is 28.3 Å². The number of fused-ring (bicyclic) bond motifs is 1. The third kappa shape index (κ3) is 2.51. The first kappa shape index (κ1) is 13.1. The predicted octanol–water partition coefficient (Wildman–Crippen LogP) is 3.61. The van der Waals surface area contributed by atoms with E-state index in [2.05, 4.69) is 24.4 Å². The lowest BCUT2D eigenvalue weighted by atomic mass is 10.0. The molecule has 3 nitrogen and oxygen atoms in total. The van der Waals surface area contributed by atoms with Crippen molar-refractivity contribution < 1.29 is 4.79 Å². The standard InChI is InChI=1S/C16H16N2OS/c1-10-4-2-3-5-14(10)20-15-9-13-11(8-12(15)17)6-7-16(19)18-13/h2-5,8-9H,6-7,17H2,1H3,(H,18,19). The Balaban J connectivity index is 1.96. The number of nitrogens with one attached hydrogen (secondary N) is 1. The van der Waals surface area contributed by atoms with Gasteiger partial charge in [0.25, 0.3) is 0 Å². The number of carbonyl (C=O) groups excluding carboxylic acids is 1. The predicted molar refractivity (Wildman–Crippen MR) is 83.1 cm³/mol. The molecule has 0 fully saturated rings. The van der Waals surface area contributed by atoms with E-state index in [4.69, 9.17) is 5.73 Å². The average molecular weight is 284 g/mol. The van der Waals surface area contributed by atoms with Gasteiger partial charge in [0, 0.05) is 27.6 Å². The summed E-state index contributed by atoms with van der Waals surface area (Å²) in [6.07, 6.45) is 1.30.